The normalized spacial score (nSPS) is 13.8. The van der Waals surface area contributed by atoms with E-state index in [0.29, 0.717) is 82.8 Å². The van der Waals surface area contributed by atoms with Gasteiger partial charge in [-0.05, 0) is 156 Å². The topological polar surface area (TPSA) is 225 Å². The Bertz CT molecular complexity index is 3000. The maximum atomic E-state index is 14.9. The first-order chi connectivity index (χ1) is 37.5. The van der Waals surface area contributed by atoms with Crippen LogP contribution >= 0.6 is 0 Å². The molecule has 2 aliphatic rings. The van der Waals surface area contributed by atoms with E-state index in [1.54, 1.807) is 79.1 Å². The number of aromatic nitrogens is 4. The average molecular weight is 1050 g/mol. The van der Waals surface area contributed by atoms with E-state index in [0.717, 1.165) is 44.8 Å². The molecule has 19 heteroatoms. The second-order valence-electron chi connectivity index (χ2n) is 18.4. The first-order valence-electron chi connectivity index (χ1n) is 26.2. The van der Waals surface area contributed by atoms with E-state index in [1.807, 2.05) is 19.9 Å². The number of rotatable bonds is 20. The monoisotopic (exact) mass is 1050 g/mol. The van der Waals surface area contributed by atoms with E-state index in [-0.39, 0.29) is 23.2 Å². The van der Waals surface area contributed by atoms with Gasteiger partial charge in [0.15, 0.2) is 0 Å². The molecule has 4 amide bonds. The van der Waals surface area contributed by atoms with Crippen molar-refractivity contribution in [1.82, 2.24) is 40.4 Å². The molecule has 6 aromatic rings. The minimum Gasteiger partial charge on any atom is -0.384 e. The zero-order chi connectivity index (χ0) is 54.4. The molecule has 2 aliphatic heterocycles. The van der Waals surface area contributed by atoms with Crippen molar-refractivity contribution in [3.05, 3.63) is 150 Å². The fourth-order valence-corrected chi connectivity index (χ4v) is 8.66. The van der Waals surface area contributed by atoms with E-state index in [9.17, 15) is 28.0 Å². The van der Waals surface area contributed by atoms with Crippen LogP contribution in [-0.4, -0.2) is 119 Å². The van der Waals surface area contributed by atoms with Crippen LogP contribution in [0.1, 0.15) is 84.2 Å². The lowest BCUT2D eigenvalue weighted by atomic mass is 10.1. The van der Waals surface area contributed by atoms with Crippen molar-refractivity contribution >= 4 is 64.6 Å². The predicted octanol–water partition coefficient (Wildman–Crippen LogP) is 8.75. The molecule has 2 saturated heterocycles. The lowest BCUT2D eigenvalue weighted by Gasteiger charge is -2.26. The molecule has 17 nitrogen and oxygen atoms in total. The molecule has 0 radical (unpaired) electrons. The third-order valence-corrected chi connectivity index (χ3v) is 12.7. The SMILES string of the molecule is CCNc1nc(-c2ccc(NC(=O)/C=C/c3ccc(N)nc3)c(F)c2)ccc1C(=O)NCCN1CCCCC1.CCNc1nc(-c2ccc(NC(=O)/C=C/c3cccnc3)c(F)c2)ccc1C(=O)NCCN1CCCCC1. The number of nitrogens with one attached hydrogen (secondary N) is 6. The molecule has 2 fully saturated rings. The predicted molar refractivity (Wildman–Crippen MR) is 301 cm³/mol. The molecule has 6 heterocycles. The molecule has 8 rings (SSSR count). The van der Waals surface area contributed by atoms with Gasteiger partial charge in [-0.3, -0.25) is 24.2 Å². The van der Waals surface area contributed by atoms with E-state index in [2.05, 4.69) is 61.6 Å². The summed E-state index contributed by atoms with van der Waals surface area (Å²) in [7, 11) is 0. The lowest BCUT2D eigenvalue weighted by Crippen LogP contribution is -2.37. The summed E-state index contributed by atoms with van der Waals surface area (Å²) in [5.74, 6) is -1.26. The van der Waals surface area contributed by atoms with Gasteiger partial charge in [-0.15, -0.1) is 0 Å². The van der Waals surface area contributed by atoms with Crippen LogP contribution in [0.2, 0.25) is 0 Å². The summed E-state index contributed by atoms with van der Waals surface area (Å²) in [5, 5.41) is 17.3. The van der Waals surface area contributed by atoms with E-state index >= 15 is 0 Å². The highest BCUT2D eigenvalue weighted by molar-refractivity contribution is 6.03. The molecule has 0 atom stereocenters. The number of likely N-dealkylation sites (tertiary alicyclic amines) is 2. The number of nitrogens with two attached hydrogens (primary N) is 1. The second-order valence-corrected chi connectivity index (χ2v) is 18.4. The minimum absolute atomic E-state index is 0.0421. The number of pyridine rings is 4. The van der Waals surface area contributed by atoms with E-state index in [1.165, 1.54) is 81.1 Å². The zero-order valence-corrected chi connectivity index (χ0v) is 43.6. The highest BCUT2D eigenvalue weighted by atomic mass is 19.1. The van der Waals surface area contributed by atoms with Crippen LogP contribution in [0.5, 0.6) is 0 Å². The first-order valence-corrected chi connectivity index (χ1v) is 26.2. The van der Waals surface area contributed by atoms with Gasteiger partial charge in [-0.2, -0.15) is 0 Å². The van der Waals surface area contributed by atoms with Gasteiger partial charge < -0.3 is 47.4 Å². The van der Waals surface area contributed by atoms with Gasteiger partial charge >= 0.3 is 0 Å². The largest absolute Gasteiger partial charge is 0.384 e. The highest BCUT2D eigenvalue weighted by Gasteiger charge is 2.19. The van der Waals surface area contributed by atoms with Crippen LogP contribution in [0.4, 0.5) is 37.6 Å². The summed E-state index contributed by atoms with van der Waals surface area (Å²) in [6, 6.07) is 22.7. The van der Waals surface area contributed by atoms with Gasteiger partial charge in [-0.1, -0.05) is 31.0 Å². The van der Waals surface area contributed by atoms with Crippen molar-refractivity contribution in [3.8, 4) is 22.5 Å². The maximum Gasteiger partial charge on any atom is 0.255 e. The fraction of sp³-hybridized carbons (Fsp3) is 0.310. The van der Waals surface area contributed by atoms with Crippen molar-refractivity contribution in [2.75, 3.05) is 92.4 Å². The number of amides is 4. The van der Waals surface area contributed by atoms with Gasteiger partial charge in [-0.25, -0.2) is 23.7 Å². The van der Waals surface area contributed by atoms with Crippen LogP contribution in [0.15, 0.2) is 116 Å². The summed E-state index contributed by atoms with van der Waals surface area (Å²) >= 11 is 0. The number of carbonyl (C=O) groups excluding carboxylic acids is 4. The molecule has 0 spiro atoms. The van der Waals surface area contributed by atoms with Crippen molar-refractivity contribution < 1.29 is 28.0 Å². The number of piperidine rings is 2. The number of carbonyl (C=O) groups is 4. The fourth-order valence-electron chi connectivity index (χ4n) is 8.66. The molecule has 0 saturated carbocycles. The number of hydrogen-bond donors (Lipinski definition) is 7. The molecule has 2 aromatic carbocycles. The Morgan fingerprint density at radius 3 is 1.49 bits per heavy atom. The van der Waals surface area contributed by atoms with Crippen molar-refractivity contribution in [2.45, 2.75) is 52.4 Å². The number of benzene rings is 2. The number of halogens is 2. The first kappa shape index (κ1) is 56.3. The number of nitrogens with zero attached hydrogens (tertiary/aromatic N) is 6. The summed E-state index contributed by atoms with van der Waals surface area (Å²) in [6.45, 7) is 12.1. The molecule has 8 N–H and O–H groups in total. The summed E-state index contributed by atoms with van der Waals surface area (Å²) < 4.78 is 29.7. The minimum atomic E-state index is -0.602. The maximum absolute atomic E-state index is 14.9. The Hall–Kier alpha value is -8.42. The molecule has 4 aromatic heterocycles. The Kier molecular flexibility index (Phi) is 21.2. The average Bonchev–Trinajstić information content (AvgIpc) is 3.44. The standard InChI is InChI=1S/C29H34FN7O2.C29H33FN6O2/c1-2-32-28-22(29(39)33-14-17-37-15-4-3-5-16-37)9-11-24(36-28)21-8-10-25(23(30)18-21)35-27(38)13-7-20-6-12-26(31)34-19-20;1-2-32-28-23(29(38)33-15-18-36-16-4-3-5-17-36)10-12-25(35-28)22-9-11-26(24(30)19-22)34-27(37)13-8-21-7-6-14-31-20-21/h6-13,18-19H,2-5,14-17H2,1H3,(H2,31,34)(H,32,36)(H,33,39)(H,35,38);6-14,19-20H,2-5,15-18H2,1H3,(H,32,35)(H,33,38)(H,34,37)/b13-7+;13-8+. The number of nitrogen functional groups attached to an aromatic ring is 1. The van der Waals surface area contributed by atoms with Crippen molar-refractivity contribution in [1.29, 1.82) is 0 Å². The molecule has 0 unspecified atom stereocenters. The van der Waals surface area contributed by atoms with Crippen LogP contribution in [0.25, 0.3) is 34.7 Å². The van der Waals surface area contributed by atoms with Crippen molar-refractivity contribution in [3.63, 3.8) is 0 Å². The highest BCUT2D eigenvalue weighted by Crippen LogP contribution is 2.28. The summed E-state index contributed by atoms with van der Waals surface area (Å²) in [6.07, 6.45) is 18.0. The second kappa shape index (κ2) is 29.0. The van der Waals surface area contributed by atoms with Crippen LogP contribution in [0, 0.1) is 11.6 Å². The zero-order valence-electron chi connectivity index (χ0n) is 43.6. The van der Waals surface area contributed by atoms with Crippen LogP contribution < -0.4 is 37.6 Å². The summed E-state index contributed by atoms with van der Waals surface area (Å²) in [4.78, 5) is 72.1. The van der Waals surface area contributed by atoms with Gasteiger partial charge in [0.2, 0.25) is 11.8 Å². The summed E-state index contributed by atoms with van der Waals surface area (Å²) in [5.41, 5.74) is 10.1. The van der Waals surface area contributed by atoms with Gasteiger partial charge in [0.25, 0.3) is 11.8 Å². The Balaban J connectivity index is 0.000000224. The van der Waals surface area contributed by atoms with Crippen molar-refractivity contribution in [2.24, 2.45) is 0 Å². The molecule has 77 heavy (non-hydrogen) atoms. The molecule has 402 valence electrons. The molecule has 0 aliphatic carbocycles. The van der Waals surface area contributed by atoms with E-state index < -0.39 is 23.4 Å². The smallest absolute Gasteiger partial charge is 0.255 e. The quantitative estimate of drug-likeness (QED) is 0.0356. The molecular formula is C58H67F2N13O4. The molecular weight excluding hydrogens is 981 g/mol. The van der Waals surface area contributed by atoms with Crippen LogP contribution in [-0.2, 0) is 9.59 Å². The lowest BCUT2D eigenvalue weighted by molar-refractivity contribution is -0.112. The van der Waals surface area contributed by atoms with E-state index in [4.69, 9.17) is 5.73 Å². The third kappa shape index (κ3) is 17.3. The number of hydrogen-bond acceptors (Lipinski definition) is 13. The van der Waals surface area contributed by atoms with Crippen LogP contribution in [0.3, 0.4) is 0 Å². The third-order valence-electron chi connectivity index (χ3n) is 12.7. The Morgan fingerprint density at radius 2 is 1.08 bits per heavy atom. The Labute approximate surface area is 448 Å². The molecule has 0 bridgehead atoms. The Morgan fingerprint density at radius 1 is 0.597 bits per heavy atom. The van der Waals surface area contributed by atoms with Gasteiger partial charge in [0, 0.05) is 81.1 Å². The number of anilines is 5. The van der Waals surface area contributed by atoms with Gasteiger partial charge in [0.05, 0.1) is 33.9 Å². The van der Waals surface area contributed by atoms with Gasteiger partial charge in [0.1, 0.15) is 29.1 Å².